The van der Waals surface area contributed by atoms with Crippen LogP contribution in [0.25, 0.3) is 11.5 Å². The second-order valence-corrected chi connectivity index (χ2v) is 7.88. The van der Waals surface area contributed by atoms with Crippen LogP contribution in [0.1, 0.15) is 31.1 Å². The third kappa shape index (κ3) is 4.86. The van der Waals surface area contributed by atoms with Crippen LogP contribution >= 0.6 is 11.8 Å². The van der Waals surface area contributed by atoms with Gasteiger partial charge in [-0.25, -0.2) is 0 Å². The second-order valence-electron chi connectivity index (χ2n) is 6.58. The van der Waals surface area contributed by atoms with Crippen molar-refractivity contribution in [2.45, 2.75) is 31.2 Å². The molecule has 0 saturated carbocycles. The third-order valence-corrected chi connectivity index (χ3v) is 4.97. The first-order valence-electron chi connectivity index (χ1n) is 8.94. The normalized spacial score (nSPS) is 12.0. The molecule has 1 aromatic heterocycles. The van der Waals surface area contributed by atoms with Crippen LogP contribution < -0.4 is 5.32 Å². The maximum absolute atomic E-state index is 12.7. The molecule has 2 aromatic carbocycles. The number of hydrogen-bond donors (Lipinski definition) is 1. The predicted molar refractivity (Wildman–Crippen MR) is 109 cm³/mol. The van der Waals surface area contributed by atoms with Gasteiger partial charge in [0.2, 0.25) is 11.8 Å². The van der Waals surface area contributed by atoms with E-state index in [1.54, 1.807) is 31.2 Å². The Hall–Kier alpha value is -2.93. The van der Waals surface area contributed by atoms with E-state index >= 15 is 0 Å². The zero-order chi connectivity index (χ0) is 20.1. The number of rotatable bonds is 7. The van der Waals surface area contributed by atoms with Gasteiger partial charge in [0.15, 0.2) is 5.78 Å². The fourth-order valence-electron chi connectivity index (χ4n) is 2.40. The van der Waals surface area contributed by atoms with Crippen molar-refractivity contribution in [1.29, 1.82) is 0 Å². The molecule has 1 unspecified atom stereocenters. The summed E-state index contributed by atoms with van der Waals surface area (Å²) < 4.78 is 5.65. The quantitative estimate of drug-likeness (QED) is 0.461. The number of nitrogens with one attached hydrogen (secondary N) is 1. The van der Waals surface area contributed by atoms with Gasteiger partial charge in [0.1, 0.15) is 0 Å². The van der Waals surface area contributed by atoms with Gasteiger partial charge in [-0.2, -0.15) is 0 Å². The Morgan fingerprint density at radius 1 is 0.964 bits per heavy atom. The van der Waals surface area contributed by atoms with Crippen molar-refractivity contribution >= 4 is 29.1 Å². The van der Waals surface area contributed by atoms with Crippen molar-refractivity contribution in [3.8, 4) is 11.5 Å². The average Bonchev–Trinajstić information content (AvgIpc) is 3.17. The minimum Gasteiger partial charge on any atom is -0.411 e. The minimum atomic E-state index is -0.389. The lowest BCUT2D eigenvalue weighted by Crippen LogP contribution is -2.18. The molecular weight excluding hydrogens is 374 g/mol. The summed E-state index contributed by atoms with van der Waals surface area (Å²) >= 11 is 1.22. The molecule has 3 aromatic rings. The molecule has 0 bridgehead atoms. The zero-order valence-electron chi connectivity index (χ0n) is 15.9. The summed E-state index contributed by atoms with van der Waals surface area (Å²) in [6.45, 7) is 5.45. The largest absolute Gasteiger partial charge is 0.411 e. The van der Waals surface area contributed by atoms with Crippen LogP contribution in [-0.4, -0.2) is 27.1 Å². The monoisotopic (exact) mass is 395 g/mol. The smallest absolute Gasteiger partial charge is 0.277 e. The van der Waals surface area contributed by atoms with Gasteiger partial charge in [-0.3, -0.25) is 9.59 Å². The molecule has 1 amide bonds. The van der Waals surface area contributed by atoms with Crippen molar-refractivity contribution in [3.05, 3.63) is 60.2 Å². The Kier molecular flexibility index (Phi) is 6.26. The lowest BCUT2D eigenvalue weighted by Gasteiger charge is -2.10. The summed E-state index contributed by atoms with van der Waals surface area (Å²) in [6, 6.07) is 16.3. The summed E-state index contributed by atoms with van der Waals surface area (Å²) in [4.78, 5) is 24.4. The molecule has 144 valence electrons. The van der Waals surface area contributed by atoms with Gasteiger partial charge in [-0.15, -0.1) is 10.2 Å². The molecule has 1 N–H and O–H groups in total. The Balaban J connectivity index is 1.63. The van der Waals surface area contributed by atoms with Gasteiger partial charge in [-0.05, 0) is 43.3 Å². The van der Waals surface area contributed by atoms with Crippen LogP contribution in [0.3, 0.4) is 0 Å². The Bertz CT molecular complexity index is 953. The van der Waals surface area contributed by atoms with E-state index in [0.29, 0.717) is 22.4 Å². The van der Waals surface area contributed by atoms with Gasteiger partial charge in [0.25, 0.3) is 5.22 Å². The van der Waals surface area contributed by atoms with Crippen LogP contribution in [0.4, 0.5) is 5.69 Å². The SMILES string of the molecule is CC(C)C(=O)Nc1ccc(C(=O)C(C)Sc2nnc(-c3ccccc3)o2)cc1. The van der Waals surface area contributed by atoms with E-state index in [1.165, 1.54) is 11.8 Å². The van der Waals surface area contributed by atoms with Gasteiger partial charge in [0.05, 0.1) is 5.25 Å². The number of nitrogens with zero attached hydrogens (tertiary/aromatic N) is 2. The topological polar surface area (TPSA) is 85.1 Å². The number of hydrogen-bond acceptors (Lipinski definition) is 6. The molecule has 1 atom stereocenters. The van der Waals surface area contributed by atoms with Gasteiger partial charge in [0, 0.05) is 22.7 Å². The highest BCUT2D eigenvalue weighted by Crippen LogP contribution is 2.28. The first-order valence-corrected chi connectivity index (χ1v) is 9.82. The van der Waals surface area contributed by atoms with Crippen molar-refractivity contribution in [2.24, 2.45) is 5.92 Å². The van der Waals surface area contributed by atoms with E-state index in [2.05, 4.69) is 15.5 Å². The summed E-state index contributed by atoms with van der Waals surface area (Å²) in [7, 11) is 0. The van der Waals surface area contributed by atoms with E-state index in [0.717, 1.165) is 5.56 Å². The van der Waals surface area contributed by atoms with Crippen LogP contribution in [-0.2, 0) is 4.79 Å². The first-order chi connectivity index (χ1) is 13.4. The van der Waals surface area contributed by atoms with Gasteiger partial charge < -0.3 is 9.73 Å². The molecule has 0 saturated heterocycles. The highest BCUT2D eigenvalue weighted by Gasteiger charge is 2.20. The first kappa shape index (κ1) is 19.8. The molecule has 0 radical (unpaired) electrons. The van der Waals surface area contributed by atoms with Gasteiger partial charge in [-0.1, -0.05) is 43.8 Å². The second kappa shape index (κ2) is 8.84. The highest BCUT2D eigenvalue weighted by molar-refractivity contribution is 8.00. The number of ketones is 1. The molecule has 0 aliphatic rings. The molecule has 6 nitrogen and oxygen atoms in total. The number of thioether (sulfide) groups is 1. The van der Waals surface area contributed by atoms with E-state index in [-0.39, 0.29) is 22.9 Å². The Labute approximate surface area is 167 Å². The predicted octanol–water partition coefficient (Wildman–Crippen LogP) is 4.69. The van der Waals surface area contributed by atoms with E-state index in [4.69, 9.17) is 4.42 Å². The number of benzene rings is 2. The Morgan fingerprint density at radius 3 is 2.29 bits per heavy atom. The molecule has 0 aliphatic carbocycles. The minimum absolute atomic E-state index is 0.0498. The van der Waals surface area contributed by atoms with Crippen LogP contribution in [0, 0.1) is 5.92 Å². The fraction of sp³-hybridized carbons (Fsp3) is 0.238. The number of amides is 1. The Morgan fingerprint density at radius 2 is 1.64 bits per heavy atom. The summed E-state index contributed by atoms with van der Waals surface area (Å²) in [5.74, 6) is 0.209. The summed E-state index contributed by atoms with van der Waals surface area (Å²) in [5.41, 5.74) is 2.06. The molecule has 1 heterocycles. The van der Waals surface area contributed by atoms with Crippen LogP contribution in [0.15, 0.2) is 64.2 Å². The number of Topliss-reactive ketones (excluding diaryl/α,β-unsaturated/α-hetero) is 1. The highest BCUT2D eigenvalue weighted by atomic mass is 32.2. The van der Waals surface area contributed by atoms with Crippen LogP contribution in [0.5, 0.6) is 0 Å². The molecule has 0 fully saturated rings. The number of anilines is 1. The maximum atomic E-state index is 12.7. The van der Waals surface area contributed by atoms with E-state index < -0.39 is 0 Å². The summed E-state index contributed by atoms with van der Waals surface area (Å²) in [5, 5.41) is 10.8. The molecule has 0 spiro atoms. The van der Waals surface area contributed by atoms with Crippen LogP contribution in [0.2, 0.25) is 0 Å². The van der Waals surface area contributed by atoms with Crippen molar-refractivity contribution in [2.75, 3.05) is 5.32 Å². The maximum Gasteiger partial charge on any atom is 0.277 e. The molecule has 3 rings (SSSR count). The zero-order valence-corrected chi connectivity index (χ0v) is 16.7. The van der Waals surface area contributed by atoms with Crippen molar-refractivity contribution in [1.82, 2.24) is 10.2 Å². The van der Waals surface area contributed by atoms with Gasteiger partial charge >= 0.3 is 0 Å². The molecular formula is C21H21N3O3S. The fourth-order valence-corrected chi connectivity index (χ4v) is 3.16. The van der Waals surface area contributed by atoms with Crippen molar-refractivity contribution in [3.63, 3.8) is 0 Å². The number of aromatic nitrogens is 2. The lowest BCUT2D eigenvalue weighted by molar-refractivity contribution is -0.118. The number of carbonyl (C=O) groups excluding carboxylic acids is 2. The summed E-state index contributed by atoms with van der Waals surface area (Å²) in [6.07, 6.45) is 0. The van der Waals surface area contributed by atoms with E-state index in [9.17, 15) is 9.59 Å². The average molecular weight is 395 g/mol. The molecule has 28 heavy (non-hydrogen) atoms. The number of carbonyl (C=O) groups is 2. The molecule has 7 heteroatoms. The van der Waals surface area contributed by atoms with Crippen molar-refractivity contribution < 1.29 is 14.0 Å². The van der Waals surface area contributed by atoms with E-state index in [1.807, 2.05) is 44.2 Å². The third-order valence-electron chi connectivity index (χ3n) is 4.04. The standard InChI is InChI=1S/C21H21N3O3S/c1-13(2)19(26)22-17-11-9-15(10-12-17)18(25)14(3)28-21-24-23-20(27-21)16-7-5-4-6-8-16/h4-14H,1-3H3,(H,22,26). The molecule has 0 aliphatic heterocycles. The lowest BCUT2D eigenvalue weighted by atomic mass is 10.1.